The smallest absolute Gasteiger partial charge is 0.251 e. The summed E-state index contributed by atoms with van der Waals surface area (Å²) >= 11 is 1.31. The number of nitrogens with two attached hydrogens (primary N) is 1. The largest absolute Gasteiger partial charge is 0.366 e. The zero-order chi connectivity index (χ0) is 14.7. The highest BCUT2D eigenvalue weighted by atomic mass is 32.1. The fourth-order valence-corrected chi connectivity index (χ4v) is 3.08. The van der Waals surface area contributed by atoms with Gasteiger partial charge in [-0.25, -0.2) is 0 Å². The molecule has 0 radical (unpaired) electrons. The number of amides is 2. The summed E-state index contributed by atoms with van der Waals surface area (Å²) in [5.74, 6) is -0.637. The maximum absolute atomic E-state index is 12.1. The molecular weight excluding hydrogens is 276 g/mol. The van der Waals surface area contributed by atoms with Gasteiger partial charge in [-0.05, 0) is 25.3 Å². The molecule has 1 aliphatic rings. The van der Waals surface area contributed by atoms with Crippen LogP contribution >= 0.6 is 11.3 Å². The van der Waals surface area contributed by atoms with Gasteiger partial charge in [0.1, 0.15) is 5.00 Å². The Morgan fingerprint density at radius 1 is 1.55 bits per heavy atom. The summed E-state index contributed by atoms with van der Waals surface area (Å²) in [7, 11) is 0. The van der Waals surface area contributed by atoms with Crippen molar-refractivity contribution in [3.63, 3.8) is 0 Å². The molecule has 2 atom stereocenters. The second-order valence-electron chi connectivity index (χ2n) is 5.16. The Labute approximate surface area is 122 Å². The van der Waals surface area contributed by atoms with Crippen LogP contribution in [-0.4, -0.2) is 48.4 Å². The second-order valence-corrected chi connectivity index (χ2v) is 6.08. The highest BCUT2D eigenvalue weighted by molar-refractivity contribution is 7.14. The van der Waals surface area contributed by atoms with E-state index in [1.807, 2.05) is 0 Å². The zero-order valence-corrected chi connectivity index (χ0v) is 12.5. The van der Waals surface area contributed by atoms with Crippen LogP contribution in [0.1, 0.15) is 24.2 Å². The maximum atomic E-state index is 12.1. The Morgan fingerprint density at radius 2 is 2.30 bits per heavy atom. The van der Waals surface area contributed by atoms with Crippen LogP contribution in [0.25, 0.3) is 0 Å². The summed E-state index contributed by atoms with van der Waals surface area (Å²) in [5, 5.41) is 8.41. The maximum Gasteiger partial charge on any atom is 0.251 e. The summed E-state index contributed by atoms with van der Waals surface area (Å²) in [5.41, 5.74) is 5.62. The van der Waals surface area contributed by atoms with Gasteiger partial charge in [0.2, 0.25) is 5.91 Å². The molecule has 6 nitrogen and oxygen atoms in total. The van der Waals surface area contributed by atoms with E-state index in [0.717, 1.165) is 13.1 Å². The zero-order valence-electron chi connectivity index (χ0n) is 11.7. The van der Waals surface area contributed by atoms with Crippen LogP contribution in [0.5, 0.6) is 0 Å². The summed E-state index contributed by atoms with van der Waals surface area (Å²) in [6.07, 6.45) is 0. The van der Waals surface area contributed by atoms with Crippen molar-refractivity contribution in [2.75, 3.05) is 25.0 Å². The minimum absolute atomic E-state index is 0.115. The molecule has 2 amide bonds. The highest BCUT2D eigenvalue weighted by Gasteiger charge is 2.24. The van der Waals surface area contributed by atoms with Gasteiger partial charge in [0.05, 0.1) is 12.1 Å². The summed E-state index contributed by atoms with van der Waals surface area (Å²) in [6.45, 7) is 6.22. The van der Waals surface area contributed by atoms with Crippen LogP contribution in [0.3, 0.4) is 0 Å². The van der Waals surface area contributed by atoms with Crippen molar-refractivity contribution in [1.29, 1.82) is 0 Å². The van der Waals surface area contributed by atoms with E-state index in [1.165, 1.54) is 11.3 Å². The molecular formula is C13H20N4O2S. The van der Waals surface area contributed by atoms with Gasteiger partial charge in [0, 0.05) is 25.2 Å². The molecule has 2 unspecified atom stereocenters. The van der Waals surface area contributed by atoms with Crippen LogP contribution in [-0.2, 0) is 4.79 Å². The molecule has 7 heteroatoms. The number of primary amides is 1. The van der Waals surface area contributed by atoms with Crippen molar-refractivity contribution in [3.8, 4) is 0 Å². The normalized spacial score (nSPS) is 23.5. The number of nitrogens with one attached hydrogen (secondary N) is 2. The van der Waals surface area contributed by atoms with Crippen LogP contribution < -0.4 is 16.4 Å². The van der Waals surface area contributed by atoms with E-state index in [1.54, 1.807) is 11.4 Å². The SMILES string of the molecule is CC1CN(CC(=O)Nc2sccc2C(N)=O)C(C)CN1. The van der Waals surface area contributed by atoms with Crippen molar-refractivity contribution in [1.82, 2.24) is 10.2 Å². The topological polar surface area (TPSA) is 87.5 Å². The number of hydrogen-bond donors (Lipinski definition) is 3. The average Bonchev–Trinajstić information content (AvgIpc) is 2.82. The summed E-state index contributed by atoms with van der Waals surface area (Å²) in [4.78, 5) is 25.4. The molecule has 1 saturated heterocycles. The van der Waals surface area contributed by atoms with Crippen LogP contribution in [0.4, 0.5) is 5.00 Å². The Kier molecular flexibility index (Phi) is 4.74. The predicted molar refractivity (Wildman–Crippen MR) is 80.0 cm³/mol. The van der Waals surface area contributed by atoms with Gasteiger partial charge in [-0.1, -0.05) is 0 Å². The molecule has 20 heavy (non-hydrogen) atoms. The first-order valence-electron chi connectivity index (χ1n) is 6.62. The van der Waals surface area contributed by atoms with E-state index >= 15 is 0 Å². The van der Waals surface area contributed by atoms with Crippen molar-refractivity contribution >= 4 is 28.2 Å². The predicted octanol–water partition coefficient (Wildman–Crippen LogP) is 0.468. The number of hydrogen-bond acceptors (Lipinski definition) is 5. The molecule has 4 N–H and O–H groups in total. The highest BCUT2D eigenvalue weighted by Crippen LogP contribution is 2.22. The van der Waals surface area contributed by atoms with Gasteiger partial charge in [-0.2, -0.15) is 0 Å². The Morgan fingerprint density at radius 3 is 3.00 bits per heavy atom. The van der Waals surface area contributed by atoms with Crippen molar-refractivity contribution < 1.29 is 9.59 Å². The van der Waals surface area contributed by atoms with E-state index in [-0.39, 0.29) is 5.91 Å². The number of piperazine rings is 1. The van der Waals surface area contributed by atoms with Gasteiger partial charge in [0.15, 0.2) is 0 Å². The minimum Gasteiger partial charge on any atom is -0.366 e. The first kappa shape index (κ1) is 15.0. The monoisotopic (exact) mass is 296 g/mol. The third-order valence-electron chi connectivity index (χ3n) is 3.42. The van der Waals surface area contributed by atoms with E-state index in [9.17, 15) is 9.59 Å². The Balaban J connectivity index is 1.95. The minimum atomic E-state index is -0.522. The Bertz CT molecular complexity index is 502. The number of nitrogens with zero attached hydrogens (tertiary/aromatic N) is 1. The van der Waals surface area contributed by atoms with Gasteiger partial charge >= 0.3 is 0 Å². The molecule has 110 valence electrons. The van der Waals surface area contributed by atoms with Crippen molar-refractivity contribution in [2.45, 2.75) is 25.9 Å². The molecule has 0 aromatic carbocycles. The first-order valence-corrected chi connectivity index (χ1v) is 7.50. The molecule has 2 rings (SSSR count). The third-order valence-corrected chi connectivity index (χ3v) is 4.25. The molecule has 1 fully saturated rings. The standard InChI is InChI=1S/C13H20N4O2S/c1-8-6-17(9(2)5-15-8)7-11(18)16-13-10(12(14)19)3-4-20-13/h3-4,8-9,15H,5-7H2,1-2H3,(H2,14,19)(H,16,18). The molecule has 2 heterocycles. The molecule has 0 aliphatic carbocycles. The number of thiophene rings is 1. The molecule has 0 spiro atoms. The van der Waals surface area contributed by atoms with E-state index in [0.29, 0.717) is 29.2 Å². The van der Waals surface area contributed by atoms with Gasteiger partial charge in [0.25, 0.3) is 5.91 Å². The number of carbonyl (C=O) groups excluding carboxylic acids is 2. The summed E-state index contributed by atoms with van der Waals surface area (Å²) < 4.78 is 0. The molecule has 1 aromatic heterocycles. The Hall–Kier alpha value is -1.44. The average molecular weight is 296 g/mol. The quantitative estimate of drug-likeness (QED) is 0.753. The molecule has 0 saturated carbocycles. The van der Waals surface area contributed by atoms with Crippen LogP contribution in [0.2, 0.25) is 0 Å². The lowest BCUT2D eigenvalue weighted by Crippen LogP contribution is -2.55. The van der Waals surface area contributed by atoms with Gasteiger partial charge in [-0.15, -0.1) is 11.3 Å². The summed E-state index contributed by atoms with van der Waals surface area (Å²) in [6, 6.07) is 2.32. The van der Waals surface area contributed by atoms with E-state index in [2.05, 4.69) is 29.4 Å². The van der Waals surface area contributed by atoms with Crippen molar-refractivity contribution in [2.24, 2.45) is 5.73 Å². The van der Waals surface area contributed by atoms with Crippen molar-refractivity contribution in [3.05, 3.63) is 17.0 Å². The molecule has 1 aliphatic heterocycles. The first-order chi connectivity index (χ1) is 9.47. The number of anilines is 1. The fraction of sp³-hybridized carbons (Fsp3) is 0.538. The second kappa shape index (κ2) is 6.34. The molecule has 0 bridgehead atoms. The van der Waals surface area contributed by atoms with E-state index in [4.69, 9.17) is 5.73 Å². The lowest BCUT2D eigenvalue weighted by molar-refractivity contribution is -0.118. The van der Waals surface area contributed by atoms with E-state index < -0.39 is 5.91 Å². The molecule has 1 aromatic rings. The third kappa shape index (κ3) is 3.56. The van der Waals surface area contributed by atoms with Gasteiger partial charge in [-0.3, -0.25) is 14.5 Å². The van der Waals surface area contributed by atoms with Crippen LogP contribution in [0, 0.1) is 0 Å². The number of rotatable bonds is 4. The lowest BCUT2D eigenvalue weighted by atomic mass is 10.1. The number of carbonyl (C=O) groups is 2. The van der Waals surface area contributed by atoms with Gasteiger partial charge < -0.3 is 16.4 Å². The fourth-order valence-electron chi connectivity index (χ4n) is 2.27. The lowest BCUT2D eigenvalue weighted by Gasteiger charge is -2.36. The van der Waals surface area contributed by atoms with Crippen LogP contribution in [0.15, 0.2) is 11.4 Å².